The third-order valence-electron chi connectivity index (χ3n) is 7.05. The zero-order chi connectivity index (χ0) is 22.7. The van der Waals surface area contributed by atoms with Crippen LogP contribution in [-0.2, 0) is 25.4 Å². The third kappa shape index (κ3) is 4.75. The summed E-state index contributed by atoms with van der Waals surface area (Å²) in [5, 5.41) is 0.770. The van der Waals surface area contributed by atoms with Gasteiger partial charge in [0.25, 0.3) is 0 Å². The number of likely N-dealkylation sites (tertiary alicyclic amines) is 1. The van der Waals surface area contributed by atoms with Crippen LogP contribution >= 0.6 is 11.6 Å². The van der Waals surface area contributed by atoms with Crippen LogP contribution < -0.4 is 0 Å². The van der Waals surface area contributed by atoms with Crippen molar-refractivity contribution in [3.05, 3.63) is 124 Å². The normalized spacial score (nSPS) is 16.1. The quantitative estimate of drug-likeness (QED) is 0.343. The summed E-state index contributed by atoms with van der Waals surface area (Å²) in [7, 11) is 2.09. The lowest BCUT2D eigenvalue weighted by molar-refractivity contribution is 0.170. The van der Waals surface area contributed by atoms with Gasteiger partial charge in [-0.2, -0.15) is 0 Å². The average Bonchev–Trinajstić information content (AvgIpc) is 3.20. The minimum atomic E-state index is 0.0862. The lowest BCUT2D eigenvalue weighted by Gasteiger charge is -2.42. The van der Waals surface area contributed by atoms with Crippen molar-refractivity contribution < 1.29 is 0 Å². The molecule has 0 amide bonds. The first-order chi connectivity index (χ1) is 16.1. The van der Waals surface area contributed by atoms with E-state index in [0.29, 0.717) is 0 Å². The third-order valence-corrected chi connectivity index (χ3v) is 7.30. The van der Waals surface area contributed by atoms with Gasteiger partial charge in [0.15, 0.2) is 0 Å². The van der Waals surface area contributed by atoms with Gasteiger partial charge in [0.1, 0.15) is 5.82 Å². The van der Waals surface area contributed by atoms with Gasteiger partial charge < -0.3 is 4.57 Å². The molecule has 33 heavy (non-hydrogen) atoms. The minimum absolute atomic E-state index is 0.0862. The van der Waals surface area contributed by atoms with Crippen LogP contribution in [0.25, 0.3) is 0 Å². The summed E-state index contributed by atoms with van der Waals surface area (Å²) in [5.41, 5.74) is 5.32. The van der Waals surface area contributed by atoms with E-state index in [1.165, 1.54) is 16.7 Å². The topological polar surface area (TPSA) is 21.1 Å². The average molecular weight is 456 g/mol. The molecule has 3 aromatic carbocycles. The van der Waals surface area contributed by atoms with Crippen molar-refractivity contribution in [2.45, 2.75) is 31.2 Å². The molecule has 0 unspecified atom stereocenters. The number of hydrogen-bond donors (Lipinski definition) is 0. The molecular weight excluding hydrogens is 426 g/mol. The molecule has 0 N–H and O–H groups in total. The van der Waals surface area contributed by atoms with Crippen LogP contribution in [-0.4, -0.2) is 27.5 Å². The standard InChI is InChI=1S/C29H30ClN3/c1-32-21-27(31-28(32)20-23-12-14-26(30)15-13-23)22-33-18-16-29(17-19-33,24-8-4-2-5-9-24)25-10-6-3-7-11-25/h2-15,21H,16-20,22H2,1H3. The van der Waals surface area contributed by atoms with Crippen molar-refractivity contribution >= 4 is 11.6 Å². The molecule has 0 radical (unpaired) electrons. The molecule has 0 saturated carbocycles. The number of aromatic nitrogens is 2. The second kappa shape index (κ2) is 9.54. The Hall–Kier alpha value is -2.88. The zero-order valence-electron chi connectivity index (χ0n) is 19.1. The molecule has 0 bridgehead atoms. The Bertz CT molecular complexity index is 1130. The highest BCUT2D eigenvalue weighted by atomic mass is 35.5. The van der Waals surface area contributed by atoms with Crippen LogP contribution in [0.3, 0.4) is 0 Å². The fourth-order valence-corrected chi connectivity index (χ4v) is 5.30. The van der Waals surface area contributed by atoms with Crippen molar-refractivity contribution in [2.75, 3.05) is 13.1 Å². The molecule has 5 rings (SSSR count). The maximum Gasteiger partial charge on any atom is 0.113 e. The fraction of sp³-hybridized carbons (Fsp3) is 0.276. The van der Waals surface area contributed by atoms with E-state index < -0.39 is 0 Å². The molecular formula is C29H30ClN3. The smallest absolute Gasteiger partial charge is 0.113 e. The van der Waals surface area contributed by atoms with Crippen molar-refractivity contribution in [3.8, 4) is 0 Å². The Kier molecular flexibility index (Phi) is 6.34. The molecule has 1 aliphatic heterocycles. The van der Waals surface area contributed by atoms with Crippen LogP contribution in [0.5, 0.6) is 0 Å². The van der Waals surface area contributed by atoms with Crippen LogP contribution in [0.2, 0.25) is 5.02 Å². The lowest BCUT2D eigenvalue weighted by atomic mass is 9.68. The number of nitrogens with zero attached hydrogens (tertiary/aromatic N) is 3. The van der Waals surface area contributed by atoms with Gasteiger partial charge in [0.05, 0.1) is 5.69 Å². The molecule has 4 aromatic rings. The van der Waals surface area contributed by atoms with Gasteiger partial charge >= 0.3 is 0 Å². The number of halogens is 1. The number of imidazole rings is 1. The number of benzene rings is 3. The Labute approximate surface area is 201 Å². The van der Waals surface area contributed by atoms with Crippen LogP contribution in [0.15, 0.2) is 91.1 Å². The van der Waals surface area contributed by atoms with E-state index in [9.17, 15) is 0 Å². The summed E-state index contributed by atoms with van der Waals surface area (Å²) in [5.74, 6) is 1.09. The number of rotatable bonds is 6. The second-order valence-corrected chi connectivity index (χ2v) is 9.59. The van der Waals surface area contributed by atoms with Crippen LogP contribution in [0.1, 0.15) is 41.1 Å². The van der Waals surface area contributed by atoms with Gasteiger partial charge in [-0.25, -0.2) is 4.98 Å². The molecule has 3 nitrogen and oxygen atoms in total. The molecule has 0 spiro atoms. The molecule has 1 aromatic heterocycles. The number of aryl methyl sites for hydroxylation is 1. The molecule has 0 atom stereocenters. The summed E-state index contributed by atoms with van der Waals surface area (Å²) < 4.78 is 2.16. The maximum absolute atomic E-state index is 6.03. The van der Waals surface area contributed by atoms with Gasteiger partial charge in [0.2, 0.25) is 0 Å². The molecule has 1 aliphatic rings. The highest BCUT2D eigenvalue weighted by Gasteiger charge is 2.37. The molecule has 2 heterocycles. The first kappa shape index (κ1) is 21.9. The highest BCUT2D eigenvalue weighted by molar-refractivity contribution is 6.30. The maximum atomic E-state index is 6.03. The zero-order valence-corrected chi connectivity index (χ0v) is 19.9. The van der Waals surface area contributed by atoms with E-state index in [2.05, 4.69) is 95.5 Å². The van der Waals surface area contributed by atoms with E-state index in [4.69, 9.17) is 16.6 Å². The summed E-state index contributed by atoms with van der Waals surface area (Å²) >= 11 is 6.03. The lowest BCUT2D eigenvalue weighted by Crippen LogP contribution is -2.43. The van der Waals surface area contributed by atoms with Crippen molar-refractivity contribution in [2.24, 2.45) is 7.05 Å². The first-order valence-electron chi connectivity index (χ1n) is 11.7. The SMILES string of the molecule is Cn1cc(CN2CCC(c3ccccc3)(c3ccccc3)CC2)nc1Cc1ccc(Cl)cc1. The van der Waals surface area contributed by atoms with Crippen molar-refractivity contribution in [3.63, 3.8) is 0 Å². The van der Waals surface area contributed by atoms with Crippen LogP contribution in [0, 0.1) is 0 Å². The van der Waals surface area contributed by atoms with Gasteiger partial charge in [-0.1, -0.05) is 84.4 Å². The minimum Gasteiger partial charge on any atom is -0.337 e. The monoisotopic (exact) mass is 455 g/mol. The second-order valence-electron chi connectivity index (χ2n) is 9.15. The summed E-state index contributed by atoms with van der Waals surface area (Å²) in [6.07, 6.45) is 5.23. The van der Waals surface area contributed by atoms with Gasteiger partial charge in [-0.15, -0.1) is 0 Å². The molecule has 4 heteroatoms. The molecule has 168 valence electrons. The van der Waals surface area contributed by atoms with E-state index in [1.54, 1.807) is 0 Å². The largest absolute Gasteiger partial charge is 0.337 e. The Morgan fingerprint density at radius 3 is 1.97 bits per heavy atom. The summed E-state index contributed by atoms with van der Waals surface area (Å²) in [6.45, 7) is 3.02. The van der Waals surface area contributed by atoms with E-state index in [0.717, 1.165) is 55.4 Å². The number of piperidine rings is 1. The Balaban J connectivity index is 1.29. The van der Waals surface area contributed by atoms with Crippen LogP contribution in [0.4, 0.5) is 0 Å². The summed E-state index contributed by atoms with van der Waals surface area (Å²) in [4.78, 5) is 7.52. The Morgan fingerprint density at radius 1 is 0.818 bits per heavy atom. The molecule has 0 aliphatic carbocycles. The first-order valence-corrected chi connectivity index (χ1v) is 12.1. The van der Waals surface area contributed by atoms with Crippen molar-refractivity contribution in [1.82, 2.24) is 14.5 Å². The number of hydrogen-bond acceptors (Lipinski definition) is 2. The van der Waals surface area contributed by atoms with E-state index >= 15 is 0 Å². The van der Waals surface area contributed by atoms with Crippen molar-refractivity contribution in [1.29, 1.82) is 0 Å². The molecule has 1 saturated heterocycles. The van der Waals surface area contributed by atoms with E-state index in [1.807, 2.05) is 12.1 Å². The van der Waals surface area contributed by atoms with Gasteiger partial charge in [0, 0.05) is 36.6 Å². The van der Waals surface area contributed by atoms with Gasteiger partial charge in [-0.05, 0) is 54.8 Å². The predicted octanol–water partition coefficient (Wildman–Crippen LogP) is 6.25. The van der Waals surface area contributed by atoms with E-state index in [-0.39, 0.29) is 5.41 Å². The Morgan fingerprint density at radius 2 is 1.39 bits per heavy atom. The summed E-state index contributed by atoms with van der Waals surface area (Å²) in [6, 6.07) is 30.1. The molecule has 1 fully saturated rings. The predicted molar refractivity (Wildman–Crippen MR) is 136 cm³/mol. The fourth-order valence-electron chi connectivity index (χ4n) is 5.18. The highest BCUT2D eigenvalue weighted by Crippen LogP contribution is 2.41. The van der Waals surface area contributed by atoms with Gasteiger partial charge in [-0.3, -0.25) is 4.90 Å².